The summed E-state index contributed by atoms with van der Waals surface area (Å²) in [6, 6.07) is 17.2. The molecule has 19 heavy (non-hydrogen) atoms. The quantitative estimate of drug-likeness (QED) is 0.704. The molecule has 1 fully saturated rings. The fourth-order valence-electron chi connectivity index (χ4n) is 2.74. The summed E-state index contributed by atoms with van der Waals surface area (Å²) in [6.07, 6.45) is 1.89. The van der Waals surface area contributed by atoms with Crippen LogP contribution in [0.1, 0.15) is 23.5 Å². The van der Waals surface area contributed by atoms with E-state index in [9.17, 15) is 4.39 Å². The maximum atomic E-state index is 13.1. The van der Waals surface area contributed by atoms with Gasteiger partial charge in [0, 0.05) is 5.38 Å². The molecule has 0 spiro atoms. The molecule has 0 aromatic heterocycles. The van der Waals surface area contributed by atoms with E-state index in [2.05, 4.69) is 24.3 Å². The summed E-state index contributed by atoms with van der Waals surface area (Å²) in [5.74, 6) is 0.918. The van der Waals surface area contributed by atoms with Gasteiger partial charge in [0.15, 0.2) is 0 Å². The molecule has 1 aliphatic rings. The molecular weight excluding hydrogens is 259 g/mol. The number of hydrogen-bond acceptors (Lipinski definition) is 0. The number of halogens is 2. The average Bonchev–Trinajstić information content (AvgIpc) is 3.20. The summed E-state index contributed by atoms with van der Waals surface area (Å²) in [7, 11) is 0. The molecule has 0 aliphatic heterocycles. The third kappa shape index (κ3) is 2.98. The second-order valence-electron chi connectivity index (χ2n) is 5.27. The monoisotopic (exact) mass is 274 g/mol. The van der Waals surface area contributed by atoms with Crippen molar-refractivity contribution in [2.45, 2.75) is 24.1 Å². The van der Waals surface area contributed by atoms with Gasteiger partial charge in [0.2, 0.25) is 0 Å². The Kier molecular flexibility index (Phi) is 3.56. The van der Waals surface area contributed by atoms with E-state index in [1.54, 1.807) is 12.1 Å². The number of benzene rings is 2. The second kappa shape index (κ2) is 5.34. The molecule has 0 radical (unpaired) electrons. The minimum atomic E-state index is -0.184. The van der Waals surface area contributed by atoms with Crippen LogP contribution in [0.2, 0.25) is 0 Å². The molecule has 3 unspecified atom stereocenters. The zero-order chi connectivity index (χ0) is 13.2. The van der Waals surface area contributed by atoms with Crippen LogP contribution in [-0.4, -0.2) is 5.38 Å². The number of rotatable bonds is 4. The smallest absolute Gasteiger partial charge is 0.123 e. The van der Waals surface area contributed by atoms with Crippen LogP contribution < -0.4 is 0 Å². The van der Waals surface area contributed by atoms with Crippen molar-refractivity contribution in [2.24, 2.45) is 5.92 Å². The zero-order valence-corrected chi connectivity index (χ0v) is 11.4. The van der Waals surface area contributed by atoms with Gasteiger partial charge in [-0.1, -0.05) is 42.5 Å². The fraction of sp³-hybridized carbons (Fsp3) is 0.294. The predicted molar refractivity (Wildman–Crippen MR) is 77.0 cm³/mol. The molecule has 98 valence electrons. The molecule has 2 aromatic carbocycles. The lowest BCUT2D eigenvalue weighted by molar-refractivity contribution is 0.623. The Morgan fingerprint density at radius 2 is 1.89 bits per heavy atom. The van der Waals surface area contributed by atoms with E-state index in [4.69, 9.17) is 11.6 Å². The van der Waals surface area contributed by atoms with Gasteiger partial charge in [-0.3, -0.25) is 0 Å². The van der Waals surface area contributed by atoms with E-state index < -0.39 is 0 Å². The van der Waals surface area contributed by atoms with Crippen LogP contribution in [0, 0.1) is 11.7 Å². The molecule has 3 atom stereocenters. The van der Waals surface area contributed by atoms with Gasteiger partial charge in [0.25, 0.3) is 0 Å². The lowest BCUT2D eigenvalue weighted by atomic mass is 10.0. The molecule has 0 saturated heterocycles. The Morgan fingerprint density at radius 3 is 2.63 bits per heavy atom. The van der Waals surface area contributed by atoms with Crippen LogP contribution >= 0.6 is 11.6 Å². The van der Waals surface area contributed by atoms with Gasteiger partial charge >= 0.3 is 0 Å². The average molecular weight is 275 g/mol. The molecule has 0 amide bonds. The standard InChI is InChI=1S/C17H16ClF/c18-17(10-12-5-4-8-14(19)9-12)16-11-15(16)13-6-2-1-3-7-13/h1-9,15-17H,10-11H2. The summed E-state index contributed by atoms with van der Waals surface area (Å²) in [4.78, 5) is 0. The molecule has 0 nitrogen and oxygen atoms in total. The van der Waals surface area contributed by atoms with Crippen molar-refractivity contribution in [3.8, 4) is 0 Å². The van der Waals surface area contributed by atoms with E-state index in [1.165, 1.54) is 11.6 Å². The minimum Gasteiger partial charge on any atom is -0.207 e. The topological polar surface area (TPSA) is 0 Å². The van der Waals surface area contributed by atoms with Crippen molar-refractivity contribution in [3.05, 3.63) is 71.5 Å². The summed E-state index contributed by atoms with van der Waals surface area (Å²) >= 11 is 6.49. The Labute approximate surface area is 118 Å². The van der Waals surface area contributed by atoms with Crippen molar-refractivity contribution >= 4 is 11.6 Å². The van der Waals surface area contributed by atoms with E-state index >= 15 is 0 Å². The van der Waals surface area contributed by atoms with Crippen LogP contribution in [0.3, 0.4) is 0 Å². The molecule has 1 aliphatic carbocycles. The lowest BCUT2D eigenvalue weighted by Gasteiger charge is -2.09. The van der Waals surface area contributed by atoms with Gasteiger partial charge in [-0.05, 0) is 47.9 Å². The predicted octanol–water partition coefficient (Wildman–Crippen LogP) is 4.78. The van der Waals surface area contributed by atoms with Gasteiger partial charge in [-0.2, -0.15) is 0 Å². The Hall–Kier alpha value is -1.34. The number of alkyl halides is 1. The molecule has 0 heterocycles. The highest BCUT2D eigenvalue weighted by Crippen LogP contribution is 2.51. The first kappa shape index (κ1) is 12.7. The fourth-order valence-corrected chi connectivity index (χ4v) is 3.20. The first-order valence-corrected chi connectivity index (χ1v) is 7.11. The van der Waals surface area contributed by atoms with Crippen molar-refractivity contribution in [3.63, 3.8) is 0 Å². The molecule has 0 N–H and O–H groups in total. The Balaban J connectivity index is 1.63. The SMILES string of the molecule is Fc1cccc(CC(Cl)C2CC2c2ccccc2)c1. The highest BCUT2D eigenvalue weighted by molar-refractivity contribution is 6.21. The van der Waals surface area contributed by atoms with E-state index in [0.29, 0.717) is 11.8 Å². The summed E-state index contributed by atoms with van der Waals surface area (Å²) in [6.45, 7) is 0. The van der Waals surface area contributed by atoms with Gasteiger partial charge in [-0.15, -0.1) is 11.6 Å². The third-order valence-corrected chi connectivity index (χ3v) is 4.33. The van der Waals surface area contributed by atoms with Crippen molar-refractivity contribution < 1.29 is 4.39 Å². The highest BCUT2D eigenvalue weighted by Gasteiger charge is 2.42. The molecule has 0 bridgehead atoms. The van der Waals surface area contributed by atoms with Gasteiger partial charge < -0.3 is 0 Å². The summed E-state index contributed by atoms with van der Waals surface area (Å²) in [5.41, 5.74) is 2.36. The molecule has 1 saturated carbocycles. The van der Waals surface area contributed by atoms with E-state index in [0.717, 1.165) is 18.4 Å². The van der Waals surface area contributed by atoms with Crippen LogP contribution in [0.5, 0.6) is 0 Å². The summed E-state index contributed by atoms with van der Waals surface area (Å²) < 4.78 is 13.1. The molecule has 2 heteroatoms. The maximum Gasteiger partial charge on any atom is 0.123 e. The van der Waals surface area contributed by atoms with Crippen LogP contribution in [0.4, 0.5) is 4.39 Å². The Morgan fingerprint density at radius 1 is 1.11 bits per heavy atom. The van der Waals surface area contributed by atoms with Gasteiger partial charge in [-0.25, -0.2) is 4.39 Å². The molecular formula is C17H16ClF. The van der Waals surface area contributed by atoms with E-state index in [1.807, 2.05) is 12.1 Å². The van der Waals surface area contributed by atoms with Gasteiger partial charge in [0.1, 0.15) is 5.82 Å². The van der Waals surface area contributed by atoms with Crippen LogP contribution in [-0.2, 0) is 6.42 Å². The van der Waals surface area contributed by atoms with Gasteiger partial charge in [0.05, 0.1) is 0 Å². The van der Waals surface area contributed by atoms with E-state index in [-0.39, 0.29) is 11.2 Å². The lowest BCUT2D eigenvalue weighted by Crippen LogP contribution is -2.07. The zero-order valence-electron chi connectivity index (χ0n) is 10.6. The highest BCUT2D eigenvalue weighted by atomic mass is 35.5. The summed E-state index contributed by atoms with van der Waals surface area (Å²) in [5, 5.41) is 0.0898. The normalized spacial score (nSPS) is 23.1. The largest absolute Gasteiger partial charge is 0.207 e. The van der Waals surface area contributed by atoms with Crippen molar-refractivity contribution in [1.82, 2.24) is 0 Å². The number of hydrogen-bond donors (Lipinski definition) is 0. The van der Waals surface area contributed by atoms with Crippen LogP contribution in [0.15, 0.2) is 54.6 Å². The molecule has 3 rings (SSSR count). The minimum absolute atomic E-state index is 0.0898. The van der Waals surface area contributed by atoms with Crippen molar-refractivity contribution in [2.75, 3.05) is 0 Å². The second-order valence-corrected chi connectivity index (χ2v) is 5.83. The first-order valence-electron chi connectivity index (χ1n) is 6.67. The Bertz CT molecular complexity index is 552. The van der Waals surface area contributed by atoms with Crippen LogP contribution in [0.25, 0.3) is 0 Å². The van der Waals surface area contributed by atoms with Crippen molar-refractivity contribution in [1.29, 1.82) is 0 Å². The maximum absolute atomic E-state index is 13.1. The molecule has 2 aromatic rings. The third-order valence-electron chi connectivity index (χ3n) is 3.85. The first-order chi connectivity index (χ1) is 9.24.